The summed E-state index contributed by atoms with van der Waals surface area (Å²) < 4.78 is 0. The number of hydrogen-bond donors (Lipinski definition) is 5. The summed E-state index contributed by atoms with van der Waals surface area (Å²) in [6, 6.07) is -0.685. The molecule has 0 radical (unpaired) electrons. The van der Waals surface area contributed by atoms with Crippen molar-refractivity contribution in [3.63, 3.8) is 0 Å². The molecule has 1 rings (SSSR count). The van der Waals surface area contributed by atoms with E-state index in [2.05, 4.69) is 6.58 Å². The molecule has 32 heavy (non-hydrogen) atoms. The quantitative estimate of drug-likeness (QED) is 0.235. The summed E-state index contributed by atoms with van der Waals surface area (Å²) in [7, 11) is 0. The van der Waals surface area contributed by atoms with Crippen LogP contribution in [0.2, 0.25) is 0 Å². The highest BCUT2D eigenvalue weighted by molar-refractivity contribution is 5.70. The maximum atomic E-state index is 11.5. The molecule has 13 nitrogen and oxygen atoms in total. The van der Waals surface area contributed by atoms with Crippen molar-refractivity contribution in [1.82, 2.24) is 19.6 Å². The van der Waals surface area contributed by atoms with Crippen LogP contribution in [0, 0.1) is 0 Å². The molecule has 5 N–H and O–H groups in total. The molecule has 1 fully saturated rings. The molecule has 0 spiro atoms. The number of rotatable bonds is 10. The molecule has 1 aliphatic heterocycles. The molecule has 1 atom stereocenters. The second kappa shape index (κ2) is 13.6. The molecule has 0 amide bonds. The Bertz CT molecular complexity index is 688. The minimum absolute atomic E-state index is 0.0473. The zero-order valence-corrected chi connectivity index (χ0v) is 17.9. The van der Waals surface area contributed by atoms with Crippen LogP contribution in [0.3, 0.4) is 0 Å². The fourth-order valence-electron chi connectivity index (χ4n) is 3.62. The van der Waals surface area contributed by atoms with Gasteiger partial charge in [0.1, 0.15) is 0 Å². The van der Waals surface area contributed by atoms with Crippen molar-refractivity contribution < 1.29 is 44.7 Å². The highest BCUT2D eigenvalue weighted by Crippen LogP contribution is 2.11. The maximum Gasteiger partial charge on any atom is 0.317 e. The molecule has 1 heterocycles. The lowest BCUT2D eigenvalue weighted by Gasteiger charge is -2.37. The molecule has 0 bridgehead atoms. The van der Waals surface area contributed by atoms with Gasteiger partial charge in [-0.1, -0.05) is 6.58 Å². The molecule has 182 valence electrons. The van der Waals surface area contributed by atoms with E-state index in [4.69, 9.17) is 0 Å². The van der Waals surface area contributed by atoms with Gasteiger partial charge in [-0.15, -0.1) is 0 Å². The second-order valence-electron chi connectivity index (χ2n) is 7.76. The molecule has 1 unspecified atom stereocenters. The van der Waals surface area contributed by atoms with E-state index in [9.17, 15) is 44.7 Å². The number of carboxylic acid groups (broad SMARTS) is 4. The van der Waals surface area contributed by atoms with Gasteiger partial charge in [-0.25, -0.2) is 0 Å². The Labute approximate surface area is 185 Å². The van der Waals surface area contributed by atoms with Crippen molar-refractivity contribution in [3.8, 4) is 0 Å². The first-order valence-electron chi connectivity index (χ1n) is 10.1. The third-order valence-corrected chi connectivity index (χ3v) is 5.03. The average Bonchev–Trinajstić information content (AvgIpc) is 2.63. The highest BCUT2D eigenvalue weighted by atomic mass is 16.4. The topological polar surface area (TPSA) is 182 Å². The van der Waals surface area contributed by atoms with Crippen LogP contribution in [0.4, 0.5) is 0 Å². The fraction of sp³-hybridized carbons (Fsp3) is 0.684. The zero-order valence-electron chi connectivity index (χ0n) is 17.9. The van der Waals surface area contributed by atoms with Crippen LogP contribution >= 0.6 is 0 Å². The van der Waals surface area contributed by atoms with E-state index in [-0.39, 0.29) is 84.2 Å². The summed E-state index contributed by atoms with van der Waals surface area (Å²) in [4.78, 5) is 51.7. The Morgan fingerprint density at radius 3 is 1.44 bits per heavy atom. The number of hydrogen-bond acceptors (Lipinski definition) is 9. The average molecular weight is 460 g/mol. The van der Waals surface area contributed by atoms with Crippen LogP contribution in [0.5, 0.6) is 0 Å². The first kappa shape index (κ1) is 27.3. The zero-order chi connectivity index (χ0) is 24.3. The lowest BCUT2D eigenvalue weighted by molar-refractivity contribution is -0.141. The minimum atomic E-state index is -1.11. The molecule has 0 aromatic rings. The molecule has 0 aromatic heterocycles. The highest BCUT2D eigenvalue weighted by Gasteiger charge is 2.27. The van der Waals surface area contributed by atoms with E-state index in [0.29, 0.717) is 0 Å². The summed E-state index contributed by atoms with van der Waals surface area (Å²) in [5.74, 6) is -4.55. The van der Waals surface area contributed by atoms with Gasteiger partial charge < -0.3 is 25.5 Å². The largest absolute Gasteiger partial charge is 0.512 e. The molecule has 0 aliphatic carbocycles. The first-order chi connectivity index (χ1) is 15.0. The standard InChI is InChI=1S/C19H32N4O9/c1-14(24)9-23-7-6-21(12-18(29)30)3-2-20(11-17(27)28)4-5-22(13-19(31)32)10-15(23)8-16(25)26/h15,24H,1-13H2,(H,25,26)(H,27,28)(H,29,30)(H,31,32). The van der Waals surface area contributed by atoms with Crippen molar-refractivity contribution in [2.45, 2.75) is 12.5 Å². The lowest BCUT2D eigenvalue weighted by atomic mass is 10.1. The van der Waals surface area contributed by atoms with E-state index >= 15 is 0 Å². The van der Waals surface area contributed by atoms with Crippen molar-refractivity contribution in [2.75, 3.05) is 72.0 Å². The summed E-state index contributed by atoms with van der Waals surface area (Å²) in [6.45, 7) is 3.79. The van der Waals surface area contributed by atoms with Gasteiger partial charge >= 0.3 is 23.9 Å². The predicted octanol–water partition coefficient (Wildman–Crippen LogP) is -1.62. The smallest absolute Gasteiger partial charge is 0.317 e. The van der Waals surface area contributed by atoms with Gasteiger partial charge in [-0.3, -0.25) is 38.8 Å². The molecule has 1 aliphatic rings. The van der Waals surface area contributed by atoms with Gasteiger partial charge in [-0.2, -0.15) is 0 Å². The normalized spacial score (nSPS) is 20.7. The lowest BCUT2D eigenvalue weighted by Crippen LogP contribution is -2.52. The fourth-order valence-corrected chi connectivity index (χ4v) is 3.62. The van der Waals surface area contributed by atoms with Crippen molar-refractivity contribution in [1.29, 1.82) is 0 Å². The number of nitrogens with zero attached hydrogens (tertiary/aromatic N) is 4. The van der Waals surface area contributed by atoms with Gasteiger partial charge in [0.15, 0.2) is 0 Å². The summed E-state index contributed by atoms with van der Waals surface area (Å²) in [6.07, 6.45) is -0.332. The van der Waals surface area contributed by atoms with Gasteiger partial charge in [0.2, 0.25) is 0 Å². The van der Waals surface area contributed by atoms with E-state index in [1.807, 2.05) is 0 Å². The number of carbonyl (C=O) groups is 4. The number of aliphatic hydroxyl groups is 1. The Morgan fingerprint density at radius 2 is 1.03 bits per heavy atom. The summed E-state index contributed by atoms with van der Waals surface area (Å²) in [5, 5.41) is 46.8. The van der Waals surface area contributed by atoms with Crippen LogP contribution in [0.15, 0.2) is 12.3 Å². The van der Waals surface area contributed by atoms with E-state index in [1.54, 1.807) is 14.7 Å². The number of aliphatic hydroxyl groups excluding tert-OH is 1. The van der Waals surface area contributed by atoms with E-state index in [0.717, 1.165) is 0 Å². The molecule has 0 saturated carbocycles. The summed E-state index contributed by atoms with van der Waals surface area (Å²) in [5.41, 5.74) is 0. The molecular formula is C19H32N4O9. The van der Waals surface area contributed by atoms with Gasteiger partial charge in [0.05, 0.1) is 38.4 Å². The Hall–Kier alpha value is -2.74. The van der Waals surface area contributed by atoms with Gasteiger partial charge in [0.25, 0.3) is 0 Å². The molecule has 0 aromatic carbocycles. The third-order valence-electron chi connectivity index (χ3n) is 5.03. The number of carboxylic acids is 4. The monoisotopic (exact) mass is 460 g/mol. The minimum Gasteiger partial charge on any atom is -0.512 e. The maximum absolute atomic E-state index is 11.5. The molecule has 1 saturated heterocycles. The van der Waals surface area contributed by atoms with Crippen molar-refractivity contribution >= 4 is 23.9 Å². The molecule has 13 heteroatoms. The van der Waals surface area contributed by atoms with Crippen LogP contribution < -0.4 is 0 Å². The predicted molar refractivity (Wildman–Crippen MR) is 112 cm³/mol. The first-order valence-corrected chi connectivity index (χ1v) is 10.1. The summed E-state index contributed by atoms with van der Waals surface area (Å²) >= 11 is 0. The SMILES string of the molecule is C=C(O)CN1CCN(CC(=O)O)CCN(CC(=O)O)CCN(CC(=O)O)CC1CC(=O)O. The van der Waals surface area contributed by atoms with Crippen molar-refractivity contribution in [2.24, 2.45) is 0 Å². The van der Waals surface area contributed by atoms with Crippen LogP contribution in [-0.4, -0.2) is 147 Å². The van der Waals surface area contributed by atoms with Crippen LogP contribution in [-0.2, 0) is 19.2 Å². The Morgan fingerprint density at radius 1 is 0.625 bits per heavy atom. The third kappa shape index (κ3) is 11.6. The van der Waals surface area contributed by atoms with Crippen molar-refractivity contribution in [3.05, 3.63) is 12.3 Å². The second-order valence-corrected chi connectivity index (χ2v) is 7.76. The van der Waals surface area contributed by atoms with Crippen LogP contribution in [0.25, 0.3) is 0 Å². The van der Waals surface area contributed by atoms with Gasteiger partial charge in [0, 0.05) is 51.9 Å². The van der Waals surface area contributed by atoms with Crippen LogP contribution in [0.1, 0.15) is 6.42 Å². The Balaban J connectivity index is 3.21. The Kier molecular flexibility index (Phi) is 11.6. The molecular weight excluding hydrogens is 428 g/mol. The van der Waals surface area contributed by atoms with E-state index < -0.39 is 29.9 Å². The number of aliphatic carboxylic acids is 4. The van der Waals surface area contributed by atoms with Gasteiger partial charge in [-0.05, 0) is 0 Å². The van der Waals surface area contributed by atoms with E-state index in [1.165, 1.54) is 4.90 Å².